The van der Waals surface area contributed by atoms with Gasteiger partial charge in [-0.05, 0) is 30.4 Å². The second-order valence-corrected chi connectivity index (χ2v) is 8.15. The summed E-state index contributed by atoms with van der Waals surface area (Å²) in [4.78, 5) is 33.8. The summed E-state index contributed by atoms with van der Waals surface area (Å²) in [7, 11) is 0. The number of hydrogen-bond acceptors (Lipinski definition) is 5. The van der Waals surface area contributed by atoms with Gasteiger partial charge in [-0.2, -0.15) is 0 Å². The first kappa shape index (κ1) is 21.8. The van der Waals surface area contributed by atoms with Gasteiger partial charge < -0.3 is 5.11 Å². The van der Waals surface area contributed by atoms with Crippen molar-refractivity contribution in [1.82, 2.24) is 14.5 Å². The van der Waals surface area contributed by atoms with Crippen molar-refractivity contribution in [2.24, 2.45) is 4.99 Å². The van der Waals surface area contributed by atoms with E-state index in [1.54, 1.807) is 0 Å². The molecule has 4 rings (SSSR count). The fourth-order valence-electron chi connectivity index (χ4n) is 4.03. The number of likely N-dealkylation sites (tertiary alicyclic amines) is 1. The van der Waals surface area contributed by atoms with E-state index in [0.29, 0.717) is 6.42 Å². The van der Waals surface area contributed by atoms with Gasteiger partial charge in [0.15, 0.2) is 0 Å². The summed E-state index contributed by atoms with van der Waals surface area (Å²) in [5.74, 6) is -0.333. The number of nitrogens with zero attached hydrogens (tertiary/aromatic N) is 3. The summed E-state index contributed by atoms with van der Waals surface area (Å²) >= 11 is 0. The Morgan fingerprint density at radius 2 is 1.59 bits per heavy atom. The number of aromatic nitrogens is 2. The summed E-state index contributed by atoms with van der Waals surface area (Å²) < 4.78 is 1.19. The molecular formula is C25H28N4O3. The Labute approximate surface area is 186 Å². The van der Waals surface area contributed by atoms with Crippen LogP contribution in [0, 0.1) is 0 Å². The van der Waals surface area contributed by atoms with Crippen molar-refractivity contribution >= 4 is 6.21 Å². The van der Waals surface area contributed by atoms with Crippen molar-refractivity contribution in [2.45, 2.75) is 38.4 Å². The molecule has 0 atom stereocenters. The van der Waals surface area contributed by atoms with Crippen LogP contribution in [0.5, 0.6) is 5.88 Å². The highest BCUT2D eigenvalue weighted by molar-refractivity contribution is 5.82. The Morgan fingerprint density at radius 1 is 0.969 bits per heavy atom. The van der Waals surface area contributed by atoms with E-state index in [-0.39, 0.29) is 24.0 Å². The molecule has 2 N–H and O–H groups in total. The van der Waals surface area contributed by atoms with Gasteiger partial charge in [0.05, 0.1) is 6.04 Å². The molecule has 0 bridgehead atoms. The zero-order valence-electron chi connectivity index (χ0n) is 18.0. The van der Waals surface area contributed by atoms with Crippen LogP contribution < -0.4 is 11.2 Å². The molecule has 32 heavy (non-hydrogen) atoms. The van der Waals surface area contributed by atoms with Gasteiger partial charge in [0.2, 0.25) is 5.88 Å². The number of aliphatic imine (C=N–C) groups is 1. The molecule has 1 aliphatic heterocycles. The molecular weight excluding hydrogens is 404 g/mol. The van der Waals surface area contributed by atoms with Crippen LogP contribution >= 0.6 is 0 Å². The lowest BCUT2D eigenvalue weighted by Gasteiger charge is -2.30. The molecule has 0 aliphatic carbocycles. The third-order valence-corrected chi connectivity index (χ3v) is 5.89. The number of benzene rings is 2. The van der Waals surface area contributed by atoms with Crippen LogP contribution in [0.15, 0.2) is 75.2 Å². The molecule has 0 amide bonds. The average Bonchev–Trinajstić information content (AvgIpc) is 2.81. The van der Waals surface area contributed by atoms with Crippen LogP contribution in [0.3, 0.4) is 0 Å². The predicted molar refractivity (Wildman–Crippen MR) is 125 cm³/mol. The number of rotatable bonds is 7. The Kier molecular flexibility index (Phi) is 6.97. The Morgan fingerprint density at radius 3 is 2.25 bits per heavy atom. The third-order valence-electron chi connectivity index (χ3n) is 5.89. The topological polar surface area (TPSA) is 90.7 Å². The zero-order chi connectivity index (χ0) is 22.3. The van der Waals surface area contributed by atoms with Crippen LogP contribution in [0.1, 0.15) is 29.5 Å². The number of aryl methyl sites for hydroxylation is 1. The first-order valence-electron chi connectivity index (χ1n) is 11.0. The van der Waals surface area contributed by atoms with E-state index in [1.807, 2.05) is 36.4 Å². The quantitative estimate of drug-likeness (QED) is 0.562. The second-order valence-electron chi connectivity index (χ2n) is 8.15. The third kappa shape index (κ3) is 5.42. The van der Waals surface area contributed by atoms with Gasteiger partial charge >= 0.3 is 5.69 Å². The lowest BCUT2D eigenvalue weighted by Crippen LogP contribution is -2.35. The smallest absolute Gasteiger partial charge is 0.331 e. The Balaban J connectivity index is 1.40. The average molecular weight is 433 g/mol. The maximum Gasteiger partial charge on any atom is 0.331 e. The van der Waals surface area contributed by atoms with Crippen molar-refractivity contribution in [2.75, 3.05) is 13.1 Å². The van der Waals surface area contributed by atoms with E-state index in [4.69, 9.17) is 0 Å². The summed E-state index contributed by atoms with van der Waals surface area (Å²) in [6.45, 7) is 3.04. The first-order valence-corrected chi connectivity index (χ1v) is 11.0. The molecule has 7 heteroatoms. The molecule has 3 aromatic rings. The summed E-state index contributed by atoms with van der Waals surface area (Å²) in [5, 5.41) is 10.6. The molecule has 1 aromatic heterocycles. The predicted octanol–water partition coefficient (Wildman–Crippen LogP) is 2.57. The van der Waals surface area contributed by atoms with Crippen molar-refractivity contribution in [1.29, 1.82) is 0 Å². The maximum absolute atomic E-state index is 12.3. The van der Waals surface area contributed by atoms with Gasteiger partial charge in [0, 0.05) is 32.4 Å². The van der Waals surface area contributed by atoms with Crippen molar-refractivity contribution in [3.8, 4) is 5.88 Å². The molecule has 1 saturated heterocycles. The van der Waals surface area contributed by atoms with E-state index < -0.39 is 11.2 Å². The van der Waals surface area contributed by atoms with Crippen LogP contribution in [0.4, 0.5) is 0 Å². The number of nitrogens with one attached hydrogen (secondary N) is 1. The maximum atomic E-state index is 12.3. The number of H-pyrrole nitrogens is 1. The molecule has 0 spiro atoms. The van der Waals surface area contributed by atoms with Crippen LogP contribution in [-0.2, 0) is 19.5 Å². The van der Waals surface area contributed by atoms with Crippen LogP contribution in [-0.4, -0.2) is 44.9 Å². The molecule has 7 nitrogen and oxygen atoms in total. The fraction of sp³-hybridized carbons (Fsp3) is 0.320. The van der Waals surface area contributed by atoms with Gasteiger partial charge in [-0.25, -0.2) is 4.79 Å². The molecule has 1 aliphatic rings. The van der Waals surface area contributed by atoms with Gasteiger partial charge in [0.1, 0.15) is 5.56 Å². The van der Waals surface area contributed by atoms with Gasteiger partial charge in [0.25, 0.3) is 5.56 Å². The molecule has 166 valence electrons. The van der Waals surface area contributed by atoms with E-state index in [0.717, 1.165) is 38.0 Å². The Hall–Kier alpha value is -3.45. The summed E-state index contributed by atoms with van der Waals surface area (Å²) in [6, 6.07) is 20.2. The van der Waals surface area contributed by atoms with Gasteiger partial charge in [-0.15, -0.1) is 0 Å². The molecule has 2 aromatic carbocycles. The molecule has 0 saturated carbocycles. The highest BCUT2D eigenvalue weighted by Crippen LogP contribution is 2.17. The second kappa shape index (κ2) is 10.2. The molecule has 0 radical (unpaired) electrons. The zero-order valence-corrected chi connectivity index (χ0v) is 18.0. The normalized spacial score (nSPS) is 15.4. The highest BCUT2D eigenvalue weighted by atomic mass is 16.3. The van der Waals surface area contributed by atoms with Crippen molar-refractivity contribution in [3.05, 3.63) is 98.2 Å². The van der Waals surface area contributed by atoms with Crippen molar-refractivity contribution < 1.29 is 5.11 Å². The minimum Gasteiger partial charge on any atom is -0.494 e. The Bertz CT molecular complexity index is 1160. The monoisotopic (exact) mass is 432 g/mol. The summed E-state index contributed by atoms with van der Waals surface area (Å²) in [5.41, 5.74) is 1.14. The van der Waals surface area contributed by atoms with E-state index in [1.165, 1.54) is 16.3 Å². The minimum absolute atomic E-state index is 0.0318. The van der Waals surface area contributed by atoms with E-state index >= 15 is 0 Å². The standard InChI is InChI=1S/C25H28N4O3/c30-23-22(24(31)29(25(32)27-23)16-11-19-7-3-1-4-8-19)17-26-21-12-14-28(15-13-21)18-20-9-5-2-6-10-20/h1-10,17,21,31H,11-16,18H2,(H,27,30,32). The highest BCUT2D eigenvalue weighted by Gasteiger charge is 2.19. The van der Waals surface area contributed by atoms with Gasteiger partial charge in [-0.3, -0.25) is 24.2 Å². The fourth-order valence-corrected chi connectivity index (χ4v) is 4.03. The largest absolute Gasteiger partial charge is 0.494 e. The van der Waals surface area contributed by atoms with Crippen molar-refractivity contribution in [3.63, 3.8) is 0 Å². The lowest BCUT2D eigenvalue weighted by molar-refractivity contribution is 0.206. The molecule has 0 unspecified atom stereocenters. The number of aromatic hydroxyl groups is 1. The van der Waals surface area contributed by atoms with E-state index in [9.17, 15) is 14.7 Å². The van der Waals surface area contributed by atoms with Crippen LogP contribution in [0.2, 0.25) is 0 Å². The minimum atomic E-state index is -0.617. The van der Waals surface area contributed by atoms with Gasteiger partial charge in [-0.1, -0.05) is 60.7 Å². The molecule has 1 fully saturated rings. The first-order chi connectivity index (χ1) is 15.6. The number of hydrogen-bond donors (Lipinski definition) is 2. The number of aromatic amines is 1. The summed E-state index contributed by atoms with van der Waals surface area (Å²) in [6.07, 6.45) is 3.76. The van der Waals surface area contributed by atoms with E-state index in [2.05, 4.69) is 39.1 Å². The SMILES string of the molecule is O=c1[nH]c(=O)n(CCc2ccccc2)c(O)c1C=NC1CCN(Cc2ccccc2)CC1. The molecule has 2 heterocycles. The number of piperidine rings is 1. The van der Waals surface area contributed by atoms with Crippen LogP contribution in [0.25, 0.3) is 0 Å². The lowest BCUT2D eigenvalue weighted by atomic mass is 10.0.